The molecule has 0 heterocycles. The first-order chi connectivity index (χ1) is 8.26. The van der Waals surface area contributed by atoms with Gasteiger partial charge in [0.25, 0.3) is 0 Å². The Hall–Kier alpha value is -0.960. The van der Waals surface area contributed by atoms with Crippen molar-refractivity contribution in [1.82, 2.24) is 0 Å². The summed E-state index contributed by atoms with van der Waals surface area (Å²) in [7, 11) is 1.65. The van der Waals surface area contributed by atoms with E-state index in [-0.39, 0.29) is 5.41 Å². The lowest BCUT2D eigenvalue weighted by Crippen LogP contribution is -2.14. The molecule has 3 rings (SSSR count). The second-order valence-electron chi connectivity index (χ2n) is 4.97. The summed E-state index contributed by atoms with van der Waals surface area (Å²) < 4.78 is 5.28. The number of rotatable bonds is 4. The molecule has 2 nitrogen and oxygen atoms in total. The van der Waals surface area contributed by atoms with Crippen molar-refractivity contribution in [2.24, 2.45) is 11.3 Å². The molecule has 0 unspecified atom stereocenters. The van der Waals surface area contributed by atoms with Crippen molar-refractivity contribution in [3.05, 3.63) is 24.3 Å². The Morgan fingerprint density at radius 3 is 2.65 bits per heavy atom. The van der Waals surface area contributed by atoms with Crippen LogP contribution in [0.4, 0.5) is 0 Å². The first-order valence-electron chi connectivity index (χ1n) is 6.11. The monoisotopic (exact) mass is 248 g/mol. The molecule has 1 aromatic carbocycles. The van der Waals surface area contributed by atoms with Crippen molar-refractivity contribution in [2.75, 3.05) is 7.11 Å². The Morgan fingerprint density at radius 2 is 2.06 bits per heavy atom. The van der Waals surface area contributed by atoms with Gasteiger partial charge < -0.3 is 4.74 Å². The molecule has 0 saturated heterocycles. The van der Waals surface area contributed by atoms with Crippen molar-refractivity contribution in [1.29, 1.82) is 0 Å². The Labute approximate surface area is 106 Å². The predicted octanol–water partition coefficient (Wildman–Crippen LogP) is 3.50. The Kier molecular flexibility index (Phi) is 2.66. The fraction of sp³-hybridized carbons (Fsp3) is 0.500. The largest absolute Gasteiger partial charge is 0.496 e. The minimum absolute atomic E-state index is 0.0333. The molecule has 17 heavy (non-hydrogen) atoms. The summed E-state index contributed by atoms with van der Waals surface area (Å²) in [6, 6.07) is 7.76. The van der Waals surface area contributed by atoms with Gasteiger partial charge >= 0.3 is 0 Å². The van der Waals surface area contributed by atoms with E-state index in [0.717, 1.165) is 23.5 Å². The van der Waals surface area contributed by atoms with Gasteiger partial charge in [0.2, 0.25) is 0 Å². The SMILES string of the molecule is COc1ccccc1SC(=O)C1(C2CC2)CC1. The fourth-order valence-electron chi connectivity index (χ4n) is 2.45. The highest BCUT2D eigenvalue weighted by atomic mass is 32.2. The molecule has 0 spiro atoms. The number of carbonyl (C=O) groups excluding carboxylic acids is 1. The first-order valence-corrected chi connectivity index (χ1v) is 6.93. The fourth-order valence-corrected chi connectivity index (χ4v) is 3.63. The van der Waals surface area contributed by atoms with Gasteiger partial charge in [0.1, 0.15) is 5.75 Å². The highest BCUT2D eigenvalue weighted by molar-refractivity contribution is 8.13. The maximum Gasteiger partial charge on any atom is 0.200 e. The van der Waals surface area contributed by atoms with Crippen LogP contribution in [0.3, 0.4) is 0 Å². The number of benzene rings is 1. The number of thioether (sulfide) groups is 1. The van der Waals surface area contributed by atoms with Gasteiger partial charge in [-0.3, -0.25) is 4.79 Å². The predicted molar refractivity (Wildman–Crippen MR) is 68.2 cm³/mol. The van der Waals surface area contributed by atoms with Crippen LogP contribution in [0.2, 0.25) is 0 Å². The van der Waals surface area contributed by atoms with Crippen LogP contribution in [-0.4, -0.2) is 12.2 Å². The second-order valence-corrected chi connectivity index (χ2v) is 5.99. The topological polar surface area (TPSA) is 26.3 Å². The van der Waals surface area contributed by atoms with Crippen LogP contribution in [0.1, 0.15) is 25.7 Å². The van der Waals surface area contributed by atoms with Gasteiger partial charge in [-0.2, -0.15) is 0 Å². The maximum absolute atomic E-state index is 12.4. The number of methoxy groups -OCH3 is 1. The molecule has 0 bridgehead atoms. The first kappa shape index (κ1) is 11.1. The zero-order valence-corrected chi connectivity index (χ0v) is 10.8. The number of carbonyl (C=O) groups is 1. The molecule has 2 aliphatic rings. The van der Waals surface area contributed by atoms with E-state index in [9.17, 15) is 4.79 Å². The van der Waals surface area contributed by atoms with Crippen LogP contribution >= 0.6 is 11.8 Å². The zero-order chi connectivity index (χ0) is 11.9. The van der Waals surface area contributed by atoms with Gasteiger partial charge in [0.05, 0.1) is 12.0 Å². The smallest absolute Gasteiger partial charge is 0.200 e. The molecule has 0 N–H and O–H groups in total. The molecule has 2 fully saturated rings. The van der Waals surface area contributed by atoms with E-state index in [1.807, 2.05) is 24.3 Å². The van der Waals surface area contributed by atoms with Gasteiger partial charge in [-0.15, -0.1) is 0 Å². The molecule has 90 valence electrons. The zero-order valence-electron chi connectivity index (χ0n) is 9.94. The Morgan fingerprint density at radius 1 is 1.35 bits per heavy atom. The molecule has 2 saturated carbocycles. The minimum Gasteiger partial charge on any atom is -0.496 e. The number of para-hydroxylation sites is 1. The lowest BCUT2D eigenvalue weighted by atomic mass is 10.0. The average Bonchev–Trinajstić information content (AvgIpc) is 3.18. The van der Waals surface area contributed by atoms with Crippen molar-refractivity contribution in [3.8, 4) is 5.75 Å². The molecule has 3 heteroatoms. The van der Waals surface area contributed by atoms with Gasteiger partial charge in [0, 0.05) is 5.41 Å². The van der Waals surface area contributed by atoms with E-state index >= 15 is 0 Å². The van der Waals surface area contributed by atoms with Crippen LogP contribution in [0.5, 0.6) is 5.75 Å². The molecule has 0 aromatic heterocycles. The van der Waals surface area contributed by atoms with E-state index < -0.39 is 0 Å². The van der Waals surface area contributed by atoms with Crippen molar-refractivity contribution < 1.29 is 9.53 Å². The minimum atomic E-state index is 0.0333. The van der Waals surface area contributed by atoms with E-state index in [4.69, 9.17) is 4.74 Å². The van der Waals surface area contributed by atoms with Crippen LogP contribution in [0.15, 0.2) is 29.2 Å². The summed E-state index contributed by atoms with van der Waals surface area (Å²) in [5.74, 6) is 1.48. The Bertz CT molecular complexity index is 447. The maximum atomic E-state index is 12.4. The summed E-state index contributed by atoms with van der Waals surface area (Å²) in [5, 5.41) is 0.351. The van der Waals surface area contributed by atoms with Crippen LogP contribution in [0.25, 0.3) is 0 Å². The molecular formula is C14H16O2S. The third-order valence-corrected chi connectivity index (χ3v) is 4.97. The molecule has 2 aliphatic carbocycles. The van der Waals surface area contributed by atoms with Crippen molar-refractivity contribution >= 4 is 16.9 Å². The van der Waals surface area contributed by atoms with Crippen molar-refractivity contribution in [2.45, 2.75) is 30.6 Å². The Balaban J connectivity index is 1.76. The van der Waals surface area contributed by atoms with Gasteiger partial charge in [-0.1, -0.05) is 12.1 Å². The molecular weight excluding hydrogens is 232 g/mol. The van der Waals surface area contributed by atoms with E-state index in [2.05, 4.69) is 0 Å². The third-order valence-electron chi connectivity index (χ3n) is 3.83. The molecule has 0 amide bonds. The molecule has 0 aliphatic heterocycles. The van der Waals surface area contributed by atoms with Gasteiger partial charge in [-0.05, 0) is 55.5 Å². The van der Waals surface area contributed by atoms with Crippen LogP contribution in [-0.2, 0) is 4.79 Å². The summed E-state index contributed by atoms with van der Waals surface area (Å²) >= 11 is 1.37. The highest BCUT2D eigenvalue weighted by Crippen LogP contribution is 2.63. The van der Waals surface area contributed by atoms with Gasteiger partial charge in [0.15, 0.2) is 5.12 Å². The summed E-state index contributed by atoms with van der Waals surface area (Å²) in [6.07, 6.45) is 4.69. The third kappa shape index (κ3) is 1.97. The average molecular weight is 248 g/mol. The normalized spacial score (nSPS) is 21.0. The van der Waals surface area contributed by atoms with E-state index in [1.54, 1.807) is 7.11 Å². The van der Waals surface area contributed by atoms with E-state index in [0.29, 0.717) is 11.0 Å². The summed E-state index contributed by atoms with van der Waals surface area (Å²) in [5.41, 5.74) is 0.0333. The van der Waals surface area contributed by atoms with Crippen LogP contribution < -0.4 is 4.74 Å². The van der Waals surface area contributed by atoms with E-state index in [1.165, 1.54) is 24.6 Å². The quantitative estimate of drug-likeness (QED) is 0.763. The lowest BCUT2D eigenvalue weighted by Gasteiger charge is -2.13. The standard InChI is InChI=1S/C14H16O2S/c1-16-11-4-2-3-5-12(11)17-13(15)14(8-9-14)10-6-7-10/h2-5,10H,6-9H2,1H3. The lowest BCUT2D eigenvalue weighted by molar-refractivity contribution is -0.116. The number of ether oxygens (including phenoxy) is 1. The van der Waals surface area contributed by atoms with Gasteiger partial charge in [-0.25, -0.2) is 0 Å². The second kappa shape index (κ2) is 4.05. The van der Waals surface area contributed by atoms with Crippen molar-refractivity contribution in [3.63, 3.8) is 0 Å². The summed E-state index contributed by atoms with van der Waals surface area (Å²) in [4.78, 5) is 13.3. The number of hydrogen-bond acceptors (Lipinski definition) is 3. The highest BCUT2D eigenvalue weighted by Gasteiger charge is 2.59. The molecule has 1 aromatic rings. The summed E-state index contributed by atoms with van der Waals surface area (Å²) in [6.45, 7) is 0. The molecule has 0 atom stereocenters. The molecule has 0 radical (unpaired) electrons. The van der Waals surface area contributed by atoms with Crippen LogP contribution in [0, 0.1) is 11.3 Å². The number of hydrogen-bond donors (Lipinski definition) is 0.